The van der Waals surface area contributed by atoms with Crippen LogP contribution in [0.4, 0.5) is 0 Å². The summed E-state index contributed by atoms with van der Waals surface area (Å²) in [5, 5.41) is 0. The standard InChI is InChI=1S/Ca.K.H4O4Si.H3P.3H/c;;1-5(2,3)4;;;;/h;;1-4H;1H3;;;/q+2;+1;;;3*-1. The topological polar surface area (TPSA) is 80.9 Å². The molecule has 0 aromatic carbocycles. The van der Waals surface area contributed by atoms with E-state index in [0.29, 0.717) is 0 Å². The van der Waals surface area contributed by atoms with E-state index in [2.05, 4.69) is 0 Å². The molecule has 0 bridgehead atoms. The fourth-order valence-electron chi connectivity index (χ4n) is 0. The molecule has 8 heteroatoms. The summed E-state index contributed by atoms with van der Waals surface area (Å²) in [5.74, 6) is 0. The molecule has 0 rings (SSSR count). The zero-order valence-electron chi connectivity index (χ0n) is 7.70. The van der Waals surface area contributed by atoms with Crippen LogP contribution in [0.5, 0.6) is 0 Å². The van der Waals surface area contributed by atoms with E-state index in [-0.39, 0.29) is 103 Å². The molecule has 0 aliphatic heterocycles. The first-order chi connectivity index (χ1) is 2.00. The number of hydrogen-bond donors (Lipinski definition) is 4. The first kappa shape index (κ1) is 22.5. The molecule has 0 saturated heterocycles. The first-order valence-corrected chi connectivity index (χ1v) is 2.68. The molecule has 0 aliphatic rings. The zero-order chi connectivity index (χ0) is 4.50. The Morgan fingerprint density at radius 2 is 1.00 bits per heavy atom. The summed E-state index contributed by atoms with van der Waals surface area (Å²) in [6, 6.07) is 0. The second-order valence-corrected chi connectivity index (χ2v) is 1.80. The van der Waals surface area contributed by atoms with E-state index in [9.17, 15) is 0 Å². The van der Waals surface area contributed by atoms with Crippen LogP contribution in [0.3, 0.4) is 0 Å². The Labute approximate surface area is 129 Å². The molecule has 0 heterocycles. The van der Waals surface area contributed by atoms with E-state index in [0.717, 1.165) is 0 Å². The summed E-state index contributed by atoms with van der Waals surface area (Å²) in [4.78, 5) is 29.3. The summed E-state index contributed by atoms with van der Waals surface area (Å²) < 4.78 is 0. The second-order valence-electron chi connectivity index (χ2n) is 0.600. The summed E-state index contributed by atoms with van der Waals surface area (Å²) in [6.07, 6.45) is 0. The number of hydrogen-bond acceptors (Lipinski definition) is 4. The van der Waals surface area contributed by atoms with Gasteiger partial charge in [0, 0.05) is 0 Å². The van der Waals surface area contributed by atoms with E-state index in [1.54, 1.807) is 0 Å². The molecular weight excluding hydrogens is 202 g/mol. The third-order valence-electron chi connectivity index (χ3n) is 0. The number of rotatable bonds is 0. The van der Waals surface area contributed by atoms with Gasteiger partial charge in [0.1, 0.15) is 0 Å². The summed E-state index contributed by atoms with van der Waals surface area (Å²) >= 11 is 0. The summed E-state index contributed by atoms with van der Waals surface area (Å²) in [7, 11) is -4.61. The van der Waals surface area contributed by atoms with Crippen molar-refractivity contribution in [3.8, 4) is 0 Å². The van der Waals surface area contributed by atoms with Crippen LogP contribution in [0, 0.1) is 0 Å². The molecule has 0 fully saturated rings. The predicted octanol–water partition coefficient (Wildman–Crippen LogP) is -5.59. The Morgan fingerprint density at radius 3 is 1.00 bits per heavy atom. The van der Waals surface area contributed by atoms with E-state index >= 15 is 0 Å². The van der Waals surface area contributed by atoms with Gasteiger partial charge in [0.25, 0.3) is 0 Å². The molecule has 0 aromatic rings. The minimum Gasteiger partial charge on any atom is -1.00 e. The molecule has 0 amide bonds. The maximum atomic E-state index is 7.33. The van der Waals surface area contributed by atoms with Gasteiger partial charge in [-0.05, 0) is 0 Å². The first-order valence-electron chi connectivity index (χ1n) is 0.894. The maximum absolute atomic E-state index is 7.33. The molecule has 1 atom stereocenters. The second kappa shape index (κ2) is 10.4. The fraction of sp³-hybridized carbons (Fsp3) is 0. The van der Waals surface area contributed by atoms with Gasteiger partial charge in [-0.1, -0.05) is 0 Å². The minimum absolute atomic E-state index is 0. The third kappa shape index (κ3) is 57.6. The zero-order valence-corrected chi connectivity index (χ0v) is 12.4. The Balaban J connectivity index is -0.00000000533. The average Bonchev–Trinajstić information content (AvgIpc) is 0.722. The monoisotopic (exact) mass is 212 g/mol. The van der Waals surface area contributed by atoms with Gasteiger partial charge in [-0.3, -0.25) is 0 Å². The normalized spacial score (nSPS) is 7.50. The van der Waals surface area contributed by atoms with Gasteiger partial charge in [0.2, 0.25) is 0 Å². The van der Waals surface area contributed by atoms with Crippen LogP contribution in [-0.4, -0.2) is 66.0 Å². The van der Waals surface area contributed by atoms with Crippen molar-refractivity contribution in [3.63, 3.8) is 0 Å². The molecule has 0 spiro atoms. The fourth-order valence-corrected chi connectivity index (χ4v) is 0. The van der Waals surface area contributed by atoms with E-state index in [4.69, 9.17) is 19.2 Å². The van der Waals surface area contributed by atoms with Gasteiger partial charge in [-0.15, -0.1) is 0 Å². The van der Waals surface area contributed by atoms with Gasteiger partial charge in [0.05, 0.1) is 0 Å². The van der Waals surface area contributed by atoms with Gasteiger partial charge >= 0.3 is 98.2 Å². The van der Waals surface area contributed by atoms with Crippen molar-refractivity contribution in [2.24, 2.45) is 0 Å². The molecular formula is H10CaKO4PSi. The van der Waals surface area contributed by atoms with E-state index in [1.165, 1.54) is 0 Å². The van der Waals surface area contributed by atoms with Crippen LogP contribution in [0.15, 0.2) is 0 Å². The molecule has 4 nitrogen and oxygen atoms in total. The molecule has 1 unspecified atom stereocenters. The summed E-state index contributed by atoms with van der Waals surface area (Å²) in [6.45, 7) is 0. The van der Waals surface area contributed by atoms with E-state index < -0.39 is 9.05 Å². The molecule has 0 saturated carbocycles. The third-order valence-corrected chi connectivity index (χ3v) is 0. The van der Waals surface area contributed by atoms with Crippen molar-refractivity contribution in [1.29, 1.82) is 0 Å². The molecule has 4 N–H and O–H groups in total. The van der Waals surface area contributed by atoms with Crippen molar-refractivity contribution in [2.75, 3.05) is 0 Å². The van der Waals surface area contributed by atoms with Crippen LogP contribution in [0.2, 0.25) is 0 Å². The van der Waals surface area contributed by atoms with E-state index in [1.807, 2.05) is 0 Å². The molecule has 8 heavy (non-hydrogen) atoms. The minimum atomic E-state index is -4.61. The largest absolute Gasteiger partial charge is 2.00 e. The molecule has 46 valence electrons. The van der Waals surface area contributed by atoms with Crippen molar-refractivity contribution >= 4 is 56.7 Å². The van der Waals surface area contributed by atoms with Gasteiger partial charge in [-0.25, -0.2) is 0 Å². The molecule has 0 aliphatic carbocycles. The average molecular weight is 212 g/mol. The van der Waals surface area contributed by atoms with Gasteiger partial charge < -0.3 is 23.5 Å². The Bertz CT molecular complexity index is 40.8. The van der Waals surface area contributed by atoms with Crippen LogP contribution < -0.4 is 51.4 Å². The maximum Gasteiger partial charge on any atom is 2.00 e. The SMILES string of the molecule is O[Si](O)(O)O.P.[Ca+2].[H-].[H-].[H-].[K+]. The molecule has 0 radical (unpaired) electrons. The smallest absolute Gasteiger partial charge is 1.00 e. The Hall–Kier alpha value is 3.38. The Morgan fingerprint density at radius 1 is 1.00 bits per heavy atom. The predicted molar refractivity (Wildman–Crippen MR) is 34.8 cm³/mol. The Kier molecular flexibility index (Phi) is 29.2. The van der Waals surface area contributed by atoms with Gasteiger partial charge in [-0.2, -0.15) is 9.90 Å². The quantitative estimate of drug-likeness (QED) is 0.238. The van der Waals surface area contributed by atoms with Crippen molar-refractivity contribution in [1.82, 2.24) is 0 Å². The van der Waals surface area contributed by atoms with Crippen LogP contribution in [0.1, 0.15) is 4.28 Å². The molecule has 0 aromatic heterocycles. The van der Waals surface area contributed by atoms with Gasteiger partial charge in [0.15, 0.2) is 0 Å². The van der Waals surface area contributed by atoms with Crippen LogP contribution >= 0.6 is 9.90 Å². The van der Waals surface area contributed by atoms with Crippen molar-refractivity contribution in [3.05, 3.63) is 0 Å². The summed E-state index contributed by atoms with van der Waals surface area (Å²) in [5.41, 5.74) is 0. The van der Waals surface area contributed by atoms with Crippen molar-refractivity contribution < 1.29 is 74.8 Å². The van der Waals surface area contributed by atoms with Crippen molar-refractivity contribution in [2.45, 2.75) is 0 Å². The van der Waals surface area contributed by atoms with Crippen LogP contribution in [0.25, 0.3) is 0 Å². The van der Waals surface area contributed by atoms with Crippen LogP contribution in [-0.2, 0) is 0 Å².